The Labute approximate surface area is 347 Å². The maximum Gasteiger partial charge on any atom is 0.249 e. The number of carbonyl (C=O) groups excluding carboxylic acids is 1. The molecule has 1 aliphatic heterocycles. The van der Waals surface area contributed by atoms with E-state index in [1.807, 2.05) is 0 Å². The predicted octanol–water partition coefficient (Wildman–Crippen LogP) is 7.67. The van der Waals surface area contributed by atoms with Crippen LogP contribution in [0.2, 0.25) is 0 Å². The van der Waals surface area contributed by atoms with Crippen molar-refractivity contribution < 1.29 is 50.0 Å². The van der Waals surface area contributed by atoms with Crippen LogP contribution in [0.1, 0.15) is 206 Å². The van der Waals surface area contributed by atoms with Crippen LogP contribution in [0, 0.1) is 0 Å². The summed E-state index contributed by atoms with van der Waals surface area (Å²) in [6.07, 6.45) is 27.3. The van der Waals surface area contributed by atoms with Crippen LogP contribution >= 0.6 is 0 Å². The lowest BCUT2D eigenvalue weighted by Gasteiger charge is -2.40. The maximum absolute atomic E-state index is 13.0. The number of rotatable bonds is 39. The molecule has 0 aromatic heterocycles. The summed E-state index contributed by atoms with van der Waals surface area (Å²) < 4.78 is 11.0. The Morgan fingerprint density at radius 2 is 1.04 bits per heavy atom. The first-order valence-corrected chi connectivity index (χ1v) is 23.6. The predicted molar refractivity (Wildman–Crippen MR) is 229 cm³/mol. The highest BCUT2D eigenvalue weighted by Crippen LogP contribution is 2.23. The summed E-state index contributed by atoms with van der Waals surface area (Å²) in [6.45, 7) is 3.36. The van der Waals surface area contributed by atoms with E-state index >= 15 is 0 Å². The van der Waals surface area contributed by atoms with E-state index in [1.54, 1.807) is 0 Å². The molecule has 9 atom stereocenters. The molecule has 0 spiro atoms. The van der Waals surface area contributed by atoms with Crippen LogP contribution in [0.4, 0.5) is 0 Å². The third kappa shape index (κ3) is 26.6. The topological polar surface area (TPSA) is 189 Å². The molecular weight excluding hydrogens is 727 g/mol. The number of allylic oxidation sites excluding steroid dienone is 2. The fraction of sp³-hybridized carbons (Fsp3) is 0.935. The smallest absolute Gasteiger partial charge is 0.249 e. The molecule has 1 amide bonds. The van der Waals surface area contributed by atoms with Gasteiger partial charge in [-0.15, -0.1) is 0 Å². The van der Waals surface area contributed by atoms with E-state index < -0.39 is 74.2 Å². The third-order valence-corrected chi connectivity index (χ3v) is 11.6. The van der Waals surface area contributed by atoms with Crippen molar-refractivity contribution in [3.63, 3.8) is 0 Å². The van der Waals surface area contributed by atoms with E-state index in [9.17, 15) is 40.5 Å². The fourth-order valence-corrected chi connectivity index (χ4v) is 7.62. The highest BCUT2D eigenvalue weighted by Gasteiger charge is 2.44. The molecule has 1 rings (SSSR count). The minimum Gasteiger partial charge on any atom is -0.394 e. The summed E-state index contributed by atoms with van der Waals surface area (Å²) in [5.74, 6) is -0.706. The molecular formula is C46H89NO10. The minimum absolute atomic E-state index is 0.258. The van der Waals surface area contributed by atoms with Crippen LogP contribution in [0.15, 0.2) is 12.2 Å². The molecule has 8 N–H and O–H groups in total. The first kappa shape index (κ1) is 53.9. The van der Waals surface area contributed by atoms with Crippen LogP contribution in [-0.2, 0) is 14.3 Å². The zero-order valence-electron chi connectivity index (χ0n) is 36.3. The van der Waals surface area contributed by atoms with Crippen molar-refractivity contribution in [1.29, 1.82) is 0 Å². The van der Waals surface area contributed by atoms with Gasteiger partial charge in [-0.3, -0.25) is 4.79 Å². The van der Waals surface area contributed by atoms with Crippen molar-refractivity contribution in [2.75, 3.05) is 13.2 Å². The SMILES string of the molecule is CCCCC/C=C/CCCC(O)C(O)C(COC1OC(CO)C(O)C(O)C1O)NC(=O)C(O)CCCCCCCCCCCCCCCCCCCCCCCC. The molecule has 0 saturated carbocycles. The molecule has 11 heteroatoms. The van der Waals surface area contributed by atoms with E-state index in [2.05, 4.69) is 31.3 Å². The molecule has 0 radical (unpaired) electrons. The molecule has 11 nitrogen and oxygen atoms in total. The number of unbranched alkanes of at least 4 members (excludes halogenated alkanes) is 25. The number of aliphatic hydroxyl groups is 7. The summed E-state index contributed by atoms with van der Waals surface area (Å²) in [5.41, 5.74) is 0. The molecule has 0 aromatic rings. The number of nitrogens with one attached hydrogen (secondary N) is 1. The van der Waals surface area contributed by atoms with Gasteiger partial charge >= 0.3 is 0 Å². The molecule has 1 fully saturated rings. The average molecular weight is 816 g/mol. The Bertz CT molecular complexity index is 939. The molecule has 57 heavy (non-hydrogen) atoms. The Kier molecular flexibility index (Phi) is 34.7. The van der Waals surface area contributed by atoms with Crippen LogP contribution in [0.5, 0.6) is 0 Å². The van der Waals surface area contributed by atoms with Gasteiger partial charge in [-0.2, -0.15) is 0 Å². The number of amides is 1. The highest BCUT2D eigenvalue weighted by atomic mass is 16.7. The van der Waals surface area contributed by atoms with Gasteiger partial charge in [-0.25, -0.2) is 0 Å². The average Bonchev–Trinajstić information content (AvgIpc) is 3.21. The van der Waals surface area contributed by atoms with E-state index in [4.69, 9.17) is 9.47 Å². The number of hydrogen-bond acceptors (Lipinski definition) is 10. The van der Waals surface area contributed by atoms with E-state index in [-0.39, 0.29) is 12.8 Å². The second kappa shape index (κ2) is 36.7. The van der Waals surface area contributed by atoms with Crippen molar-refractivity contribution in [3.05, 3.63) is 12.2 Å². The molecule has 1 saturated heterocycles. The zero-order valence-corrected chi connectivity index (χ0v) is 36.3. The van der Waals surface area contributed by atoms with Gasteiger partial charge in [0.05, 0.1) is 25.4 Å². The molecule has 0 aromatic carbocycles. The summed E-state index contributed by atoms with van der Waals surface area (Å²) >= 11 is 0. The Hall–Kier alpha value is -1.15. The van der Waals surface area contributed by atoms with Crippen LogP contribution < -0.4 is 5.32 Å². The minimum atomic E-state index is -1.66. The van der Waals surface area contributed by atoms with Gasteiger partial charge in [0.15, 0.2) is 6.29 Å². The lowest BCUT2D eigenvalue weighted by Crippen LogP contribution is -2.60. The van der Waals surface area contributed by atoms with Crippen LogP contribution in [-0.4, -0.2) is 110 Å². The standard InChI is InChI=1S/C46H89NO10/c1-3-5-7-9-11-13-14-15-16-17-18-19-20-21-22-23-24-25-26-28-30-32-34-39(50)45(55)47-37(36-56-46-44(54)43(53)42(52)40(35-48)57-46)41(51)38(49)33-31-29-27-12-10-8-6-4-2/h12,27,37-44,46,48-54H,3-11,13-26,28-36H2,1-2H3,(H,47,55)/b27-12+. The molecule has 9 unspecified atom stereocenters. The maximum atomic E-state index is 13.0. The Balaban J connectivity index is 2.32. The molecule has 1 aliphatic rings. The second-order valence-electron chi connectivity index (χ2n) is 16.8. The van der Waals surface area contributed by atoms with Crippen LogP contribution in [0.25, 0.3) is 0 Å². The van der Waals surface area contributed by atoms with Gasteiger partial charge in [-0.1, -0.05) is 180 Å². The number of hydrogen-bond donors (Lipinski definition) is 8. The first-order valence-electron chi connectivity index (χ1n) is 23.6. The van der Waals surface area contributed by atoms with E-state index in [0.717, 1.165) is 44.9 Å². The monoisotopic (exact) mass is 816 g/mol. The summed E-state index contributed by atoms with van der Waals surface area (Å²) in [5, 5.41) is 75.3. The van der Waals surface area contributed by atoms with Gasteiger partial charge in [0.2, 0.25) is 5.91 Å². The van der Waals surface area contributed by atoms with Crippen LogP contribution in [0.3, 0.4) is 0 Å². The summed E-state index contributed by atoms with van der Waals surface area (Å²) in [7, 11) is 0. The first-order chi connectivity index (χ1) is 27.7. The van der Waals surface area contributed by atoms with Gasteiger partial charge in [0.1, 0.15) is 36.6 Å². The molecule has 1 heterocycles. The number of aliphatic hydroxyl groups excluding tert-OH is 7. The largest absolute Gasteiger partial charge is 0.394 e. The van der Waals surface area contributed by atoms with Crippen molar-refractivity contribution >= 4 is 5.91 Å². The number of ether oxygens (including phenoxy) is 2. The van der Waals surface area contributed by atoms with Crippen molar-refractivity contribution in [3.8, 4) is 0 Å². The molecule has 0 aliphatic carbocycles. The van der Waals surface area contributed by atoms with E-state index in [0.29, 0.717) is 12.8 Å². The fourth-order valence-electron chi connectivity index (χ4n) is 7.62. The van der Waals surface area contributed by atoms with Gasteiger partial charge in [0.25, 0.3) is 0 Å². The summed E-state index contributed by atoms with van der Waals surface area (Å²) in [4.78, 5) is 13.0. The van der Waals surface area contributed by atoms with Crippen molar-refractivity contribution in [2.24, 2.45) is 0 Å². The number of carbonyl (C=O) groups is 1. The highest BCUT2D eigenvalue weighted by molar-refractivity contribution is 5.80. The zero-order chi connectivity index (χ0) is 41.9. The lowest BCUT2D eigenvalue weighted by molar-refractivity contribution is -0.303. The summed E-state index contributed by atoms with van der Waals surface area (Å²) in [6, 6.07) is -1.18. The lowest BCUT2D eigenvalue weighted by atomic mass is 9.98. The second-order valence-corrected chi connectivity index (χ2v) is 16.8. The van der Waals surface area contributed by atoms with Crippen molar-refractivity contribution in [2.45, 2.75) is 262 Å². The third-order valence-electron chi connectivity index (χ3n) is 11.6. The van der Waals surface area contributed by atoms with E-state index in [1.165, 1.54) is 122 Å². The molecule has 0 bridgehead atoms. The Morgan fingerprint density at radius 1 is 0.596 bits per heavy atom. The molecule has 338 valence electrons. The quantitative estimate of drug-likeness (QED) is 0.0226. The normalized spacial score (nSPS) is 22.2. The van der Waals surface area contributed by atoms with Crippen molar-refractivity contribution in [1.82, 2.24) is 5.32 Å². The van der Waals surface area contributed by atoms with Gasteiger partial charge in [-0.05, 0) is 38.5 Å². The van der Waals surface area contributed by atoms with Gasteiger partial charge in [0, 0.05) is 0 Å². The Morgan fingerprint density at radius 3 is 1.51 bits per heavy atom. The van der Waals surface area contributed by atoms with Gasteiger partial charge < -0.3 is 50.5 Å².